The summed E-state index contributed by atoms with van der Waals surface area (Å²) >= 11 is 1.83. The summed E-state index contributed by atoms with van der Waals surface area (Å²) in [4.78, 5) is 2.59. The molecule has 118 valence electrons. The molecule has 3 rings (SSSR count). The number of hydrogen-bond acceptors (Lipinski definition) is 3. The second-order valence-corrected chi connectivity index (χ2v) is 6.73. The molecule has 0 fully saturated rings. The highest BCUT2D eigenvalue weighted by atomic mass is 32.1. The van der Waals surface area contributed by atoms with Crippen LogP contribution < -0.4 is 11.5 Å². The highest BCUT2D eigenvalue weighted by molar-refractivity contribution is 7.18. The van der Waals surface area contributed by atoms with Crippen molar-refractivity contribution in [1.29, 1.82) is 0 Å². The number of rotatable bonds is 6. The normalized spacial score (nSPS) is 10.9. The van der Waals surface area contributed by atoms with Gasteiger partial charge in [0, 0.05) is 9.75 Å². The molecule has 0 aliphatic rings. The van der Waals surface area contributed by atoms with E-state index < -0.39 is 0 Å². The Kier molecular flexibility index (Phi) is 5.23. The molecule has 0 saturated carbocycles. The SMILES string of the molecule is NCCc1cccc(-c2ccc(-c3cccc(CCN)c3)s2)c1. The van der Waals surface area contributed by atoms with Gasteiger partial charge < -0.3 is 11.5 Å². The molecule has 0 aliphatic heterocycles. The van der Waals surface area contributed by atoms with E-state index in [1.165, 1.54) is 32.0 Å². The third-order valence-electron chi connectivity index (χ3n) is 3.90. The highest BCUT2D eigenvalue weighted by Crippen LogP contribution is 2.35. The zero-order valence-electron chi connectivity index (χ0n) is 13.2. The largest absolute Gasteiger partial charge is 0.330 e. The van der Waals surface area contributed by atoms with Crippen molar-refractivity contribution in [2.45, 2.75) is 12.8 Å². The summed E-state index contributed by atoms with van der Waals surface area (Å²) in [5.41, 5.74) is 16.5. The molecule has 0 saturated heterocycles. The molecular formula is C20H22N2S. The van der Waals surface area contributed by atoms with Crippen LogP contribution in [0.3, 0.4) is 0 Å². The van der Waals surface area contributed by atoms with Crippen LogP contribution in [0.25, 0.3) is 20.9 Å². The van der Waals surface area contributed by atoms with E-state index in [0.29, 0.717) is 13.1 Å². The number of benzene rings is 2. The minimum Gasteiger partial charge on any atom is -0.330 e. The van der Waals surface area contributed by atoms with Crippen LogP contribution >= 0.6 is 11.3 Å². The van der Waals surface area contributed by atoms with Gasteiger partial charge in [0.1, 0.15) is 0 Å². The van der Waals surface area contributed by atoms with E-state index in [-0.39, 0.29) is 0 Å². The van der Waals surface area contributed by atoms with Crippen molar-refractivity contribution >= 4 is 11.3 Å². The van der Waals surface area contributed by atoms with Gasteiger partial charge in [-0.2, -0.15) is 0 Å². The lowest BCUT2D eigenvalue weighted by Gasteiger charge is -2.03. The van der Waals surface area contributed by atoms with Crippen molar-refractivity contribution in [2.24, 2.45) is 11.5 Å². The molecule has 2 aromatic carbocycles. The van der Waals surface area contributed by atoms with Gasteiger partial charge in [-0.25, -0.2) is 0 Å². The quantitative estimate of drug-likeness (QED) is 0.718. The van der Waals surface area contributed by atoms with Crippen LogP contribution in [0.2, 0.25) is 0 Å². The van der Waals surface area contributed by atoms with Gasteiger partial charge in [-0.15, -0.1) is 11.3 Å². The third-order valence-corrected chi connectivity index (χ3v) is 5.08. The number of hydrogen-bond donors (Lipinski definition) is 2. The van der Waals surface area contributed by atoms with Gasteiger partial charge in [0.15, 0.2) is 0 Å². The maximum atomic E-state index is 5.66. The minimum absolute atomic E-state index is 0.688. The first-order valence-corrected chi connectivity index (χ1v) is 8.80. The fourth-order valence-electron chi connectivity index (χ4n) is 2.74. The zero-order valence-corrected chi connectivity index (χ0v) is 14.0. The van der Waals surface area contributed by atoms with Crippen LogP contribution in [0.5, 0.6) is 0 Å². The van der Waals surface area contributed by atoms with Crippen molar-refractivity contribution in [3.63, 3.8) is 0 Å². The van der Waals surface area contributed by atoms with E-state index in [9.17, 15) is 0 Å². The van der Waals surface area contributed by atoms with Crippen LogP contribution in [-0.2, 0) is 12.8 Å². The van der Waals surface area contributed by atoms with Crippen LogP contribution in [0, 0.1) is 0 Å². The Balaban J connectivity index is 1.88. The van der Waals surface area contributed by atoms with Crippen molar-refractivity contribution < 1.29 is 0 Å². The summed E-state index contributed by atoms with van der Waals surface area (Å²) in [7, 11) is 0. The van der Waals surface area contributed by atoms with E-state index in [2.05, 4.69) is 60.7 Å². The summed E-state index contributed by atoms with van der Waals surface area (Å²) in [5, 5.41) is 0. The first kappa shape index (κ1) is 15.9. The molecule has 0 bridgehead atoms. The first-order valence-electron chi connectivity index (χ1n) is 7.99. The molecule has 0 amide bonds. The van der Waals surface area contributed by atoms with Crippen LogP contribution in [0.15, 0.2) is 60.7 Å². The van der Waals surface area contributed by atoms with E-state index in [0.717, 1.165) is 12.8 Å². The monoisotopic (exact) mass is 322 g/mol. The Morgan fingerprint density at radius 1 is 0.652 bits per heavy atom. The molecule has 0 atom stereocenters. The molecule has 0 aliphatic carbocycles. The van der Waals surface area contributed by atoms with Gasteiger partial charge in [0.2, 0.25) is 0 Å². The van der Waals surface area contributed by atoms with Crippen LogP contribution in [0.1, 0.15) is 11.1 Å². The Morgan fingerprint density at radius 3 is 1.57 bits per heavy atom. The molecule has 0 radical (unpaired) electrons. The van der Waals surface area contributed by atoms with Gasteiger partial charge in [-0.05, 0) is 60.3 Å². The van der Waals surface area contributed by atoms with E-state index in [4.69, 9.17) is 11.5 Å². The Bertz CT molecular complexity index is 713. The third kappa shape index (κ3) is 3.88. The number of nitrogens with two attached hydrogens (primary N) is 2. The summed E-state index contributed by atoms with van der Waals surface area (Å²) in [6, 6.07) is 21.7. The fraction of sp³-hybridized carbons (Fsp3) is 0.200. The van der Waals surface area contributed by atoms with Crippen molar-refractivity contribution in [2.75, 3.05) is 13.1 Å². The second-order valence-electron chi connectivity index (χ2n) is 5.64. The van der Waals surface area contributed by atoms with Crippen LogP contribution in [0.4, 0.5) is 0 Å². The van der Waals surface area contributed by atoms with E-state index in [1.54, 1.807) is 0 Å². The van der Waals surface area contributed by atoms with Gasteiger partial charge in [0.05, 0.1) is 0 Å². The van der Waals surface area contributed by atoms with Crippen LogP contribution in [-0.4, -0.2) is 13.1 Å². The Morgan fingerprint density at radius 2 is 1.13 bits per heavy atom. The first-order chi connectivity index (χ1) is 11.3. The average molecular weight is 322 g/mol. The second kappa shape index (κ2) is 7.55. The standard InChI is InChI=1S/C20H22N2S/c21-11-9-15-3-1-5-17(13-15)19-7-8-20(23-19)18-6-2-4-16(14-18)10-12-22/h1-8,13-14H,9-12,21-22H2. The topological polar surface area (TPSA) is 52.0 Å². The predicted molar refractivity (Wildman–Crippen MR) is 101 cm³/mol. The molecule has 2 nitrogen and oxygen atoms in total. The summed E-state index contributed by atoms with van der Waals surface area (Å²) in [6.45, 7) is 1.38. The lowest BCUT2D eigenvalue weighted by atomic mass is 10.1. The smallest absolute Gasteiger partial charge is 0.0349 e. The number of thiophene rings is 1. The highest BCUT2D eigenvalue weighted by Gasteiger charge is 2.06. The maximum absolute atomic E-state index is 5.66. The molecule has 3 aromatic rings. The Hall–Kier alpha value is -1.94. The lowest BCUT2D eigenvalue weighted by molar-refractivity contribution is 0.969. The molecule has 23 heavy (non-hydrogen) atoms. The van der Waals surface area contributed by atoms with Gasteiger partial charge in [-0.1, -0.05) is 48.5 Å². The van der Waals surface area contributed by atoms with Gasteiger partial charge >= 0.3 is 0 Å². The molecule has 1 aromatic heterocycles. The molecule has 0 spiro atoms. The fourth-order valence-corrected chi connectivity index (χ4v) is 3.74. The molecule has 0 unspecified atom stereocenters. The summed E-state index contributed by atoms with van der Waals surface area (Å²) in [5.74, 6) is 0. The van der Waals surface area contributed by atoms with E-state index in [1.807, 2.05) is 11.3 Å². The minimum atomic E-state index is 0.688. The molecule has 1 heterocycles. The van der Waals surface area contributed by atoms with Crippen molar-refractivity contribution in [3.8, 4) is 20.9 Å². The molecular weight excluding hydrogens is 300 g/mol. The maximum Gasteiger partial charge on any atom is 0.0349 e. The average Bonchev–Trinajstić information content (AvgIpc) is 3.06. The molecule has 4 N–H and O–H groups in total. The van der Waals surface area contributed by atoms with Crippen molar-refractivity contribution in [3.05, 3.63) is 71.8 Å². The Labute approximate surface area is 141 Å². The van der Waals surface area contributed by atoms with Gasteiger partial charge in [0.25, 0.3) is 0 Å². The predicted octanol–water partition coefficient (Wildman–Crippen LogP) is 4.08. The molecule has 3 heteroatoms. The van der Waals surface area contributed by atoms with Gasteiger partial charge in [-0.3, -0.25) is 0 Å². The summed E-state index contributed by atoms with van der Waals surface area (Å²) < 4.78 is 0. The zero-order chi connectivity index (χ0) is 16.1. The summed E-state index contributed by atoms with van der Waals surface area (Å²) in [6.07, 6.45) is 1.85. The lowest BCUT2D eigenvalue weighted by Crippen LogP contribution is -2.02. The van der Waals surface area contributed by atoms with Crippen molar-refractivity contribution in [1.82, 2.24) is 0 Å². The van der Waals surface area contributed by atoms with E-state index >= 15 is 0 Å².